The van der Waals surface area contributed by atoms with Crippen LogP contribution >= 0.6 is 0 Å². The van der Waals surface area contributed by atoms with Gasteiger partial charge in [-0.25, -0.2) is 25.4 Å². The highest BCUT2D eigenvalue weighted by atomic mass is 32.2. The van der Waals surface area contributed by atoms with Crippen molar-refractivity contribution in [3.8, 4) is 0 Å². The molecule has 0 bridgehead atoms. The summed E-state index contributed by atoms with van der Waals surface area (Å²) < 4.78 is 55.1. The smallest absolute Gasteiger partial charge is 0.309 e. The minimum atomic E-state index is -3.21. The number of esters is 1. The second-order valence-corrected chi connectivity index (χ2v) is 13.6. The van der Waals surface area contributed by atoms with E-state index >= 15 is 0 Å². The molecule has 2 fully saturated rings. The third-order valence-electron chi connectivity index (χ3n) is 5.79. The predicted molar refractivity (Wildman–Crippen MR) is 121 cm³/mol. The van der Waals surface area contributed by atoms with E-state index in [1.54, 1.807) is 34.6 Å². The zero-order valence-corrected chi connectivity index (χ0v) is 21.3. The van der Waals surface area contributed by atoms with Crippen molar-refractivity contribution < 1.29 is 36.3 Å². The van der Waals surface area contributed by atoms with Gasteiger partial charge in [-0.2, -0.15) is 0 Å². The molecule has 188 valence electrons. The summed E-state index contributed by atoms with van der Waals surface area (Å²) in [6.07, 6.45) is 1.96. The van der Waals surface area contributed by atoms with Crippen LogP contribution < -0.4 is 0 Å². The summed E-state index contributed by atoms with van der Waals surface area (Å²) in [5.41, 5.74) is 0. The molecule has 10 nitrogen and oxygen atoms in total. The number of carboxylic acids is 1. The van der Waals surface area contributed by atoms with E-state index in [0.29, 0.717) is 58.5 Å². The molecule has 0 spiro atoms. The summed E-state index contributed by atoms with van der Waals surface area (Å²) >= 11 is 0. The van der Waals surface area contributed by atoms with Crippen molar-refractivity contribution in [2.45, 2.75) is 70.8 Å². The molecule has 2 aliphatic rings. The van der Waals surface area contributed by atoms with Crippen molar-refractivity contribution >= 4 is 32.0 Å². The number of nitrogens with zero attached hydrogens (tertiary/aromatic N) is 2. The van der Waals surface area contributed by atoms with Crippen LogP contribution in [0.25, 0.3) is 0 Å². The average Bonchev–Trinajstić information content (AvgIpc) is 2.74. The van der Waals surface area contributed by atoms with Gasteiger partial charge in [-0.05, 0) is 60.3 Å². The summed E-state index contributed by atoms with van der Waals surface area (Å²) in [5.74, 6) is -1.55. The minimum Gasteiger partial charge on any atom is -0.481 e. The Labute approximate surface area is 192 Å². The number of hydrogen-bond donors (Lipinski definition) is 1. The van der Waals surface area contributed by atoms with Crippen LogP contribution in [0.2, 0.25) is 0 Å². The van der Waals surface area contributed by atoms with Crippen LogP contribution in [0.3, 0.4) is 0 Å². The number of carbonyl (C=O) groups excluding carboxylic acids is 1. The maximum Gasteiger partial charge on any atom is 0.309 e. The van der Waals surface area contributed by atoms with E-state index in [2.05, 4.69) is 0 Å². The summed E-state index contributed by atoms with van der Waals surface area (Å²) in [6, 6.07) is 0. The van der Waals surface area contributed by atoms with Crippen molar-refractivity contribution in [2.24, 2.45) is 11.8 Å². The van der Waals surface area contributed by atoms with Gasteiger partial charge in [-0.1, -0.05) is 0 Å². The van der Waals surface area contributed by atoms with Gasteiger partial charge in [0.1, 0.15) is 0 Å². The van der Waals surface area contributed by atoms with Gasteiger partial charge in [0.05, 0.1) is 28.9 Å². The Morgan fingerprint density at radius 1 is 0.812 bits per heavy atom. The molecule has 2 saturated heterocycles. The first kappa shape index (κ1) is 28.8. The molecule has 2 aliphatic heterocycles. The molecule has 32 heavy (non-hydrogen) atoms. The fraction of sp³-hybridized carbons (Fsp3) is 0.900. The van der Waals surface area contributed by atoms with E-state index in [-0.39, 0.29) is 17.8 Å². The fourth-order valence-electron chi connectivity index (χ4n) is 3.56. The van der Waals surface area contributed by atoms with Gasteiger partial charge in [-0.3, -0.25) is 9.59 Å². The monoisotopic (exact) mass is 498 g/mol. The SMILES string of the molecule is CC(C)S(=O)(=O)N1CCC(C(=O)O)CC1.CCOC(=O)C1CCN(S(=O)(=O)C(C)C)CC1. The molecule has 12 heteroatoms. The Balaban J connectivity index is 0.000000323. The van der Waals surface area contributed by atoms with E-state index in [4.69, 9.17) is 9.84 Å². The Hall–Kier alpha value is -1.24. The van der Waals surface area contributed by atoms with E-state index < -0.39 is 36.5 Å². The number of piperidine rings is 2. The standard InChI is InChI=1S/C11H21NO4S.C9H17NO4S/c1-4-16-11(13)10-5-7-12(8-6-10)17(14,15)9(2)3;1-7(2)15(13,14)10-5-3-8(4-6-10)9(11)12/h9-10H,4-8H2,1-3H3;7-8H,3-6H2,1-2H3,(H,11,12). The van der Waals surface area contributed by atoms with Crippen LogP contribution in [0.1, 0.15) is 60.3 Å². The molecule has 0 aromatic carbocycles. The van der Waals surface area contributed by atoms with E-state index in [1.807, 2.05) is 0 Å². The average molecular weight is 499 g/mol. The van der Waals surface area contributed by atoms with Gasteiger partial charge < -0.3 is 9.84 Å². The summed E-state index contributed by atoms with van der Waals surface area (Å²) in [6.45, 7) is 10.3. The van der Waals surface area contributed by atoms with Crippen molar-refractivity contribution in [3.05, 3.63) is 0 Å². The number of carboxylic acid groups (broad SMARTS) is 1. The van der Waals surface area contributed by atoms with Gasteiger partial charge in [0.25, 0.3) is 0 Å². The van der Waals surface area contributed by atoms with Crippen molar-refractivity contribution in [1.29, 1.82) is 0 Å². The first-order chi connectivity index (χ1) is 14.7. The number of rotatable bonds is 7. The topological polar surface area (TPSA) is 138 Å². The Morgan fingerprint density at radius 3 is 1.44 bits per heavy atom. The molecule has 0 saturated carbocycles. The maximum absolute atomic E-state index is 11.9. The van der Waals surface area contributed by atoms with E-state index in [9.17, 15) is 26.4 Å². The first-order valence-corrected chi connectivity index (χ1v) is 14.1. The molecule has 2 rings (SSSR count). The minimum absolute atomic E-state index is 0.145. The lowest BCUT2D eigenvalue weighted by atomic mass is 9.98. The molecule has 0 aliphatic carbocycles. The highest BCUT2D eigenvalue weighted by Crippen LogP contribution is 2.23. The molecule has 0 unspecified atom stereocenters. The molecule has 0 aromatic rings. The van der Waals surface area contributed by atoms with Gasteiger partial charge >= 0.3 is 11.9 Å². The lowest BCUT2D eigenvalue weighted by Crippen LogP contribution is -2.43. The number of sulfonamides is 2. The highest BCUT2D eigenvalue weighted by Gasteiger charge is 2.33. The molecule has 0 aromatic heterocycles. The zero-order valence-electron chi connectivity index (χ0n) is 19.7. The van der Waals surface area contributed by atoms with Gasteiger partial charge in [0.2, 0.25) is 20.0 Å². The Bertz CT molecular complexity index is 824. The first-order valence-electron chi connectivity index (χ1n) is 11.1. The van der Waals surface area contributed by atoms with Gasteiger partial charge in [-0.15, -0.1) is 0 Å². The quantitative estimate of drug-likeness (QED) is 0.521. The predicted octanol–water partition coefficient (Wildman–Crippen LogP) is 1.52. The molecule has 2 heterocycles. The van der Waals surface area contributed by atoms with E-state index in [0.717, 1.165) is 0 Å². The van der Waals surface area contributed by atoms with Crippen LogP contribution in [-0.2, 0) is 34.4 Å². The van der Waals surface area contributed by atoms with Crippen molar-refractivity contribution in [2.75, 3.05) is 32.8 Å². The number of ether oxygens (including phenoxy) is 1. The molecular formula is C20H38N2O8S2. The van der Waals surface area contributed by atoms with Crippen LogP contribution in [0.5, 0.6) is 0 Å². The van der Waals surface area contributed by atoms with Crippen LogP contribution in [0.4, 0.5) is 0 Å². The number of hydrogen-bond acceptors (Lipinski definition) is 7. The summed E-state index contributed by atoms with van der Waals surface area (Å²) in [7, 11) is -6.39. The molecular weight excluding hydrogens is 460 g/mol. The third-order valence-corrected chi connectivity index (χ3v) is 10.3. The summed E-state index contributed by atoms with van der Waals surface area (Å²) in [5, 5.41) is 7.94. The largest absolute Gasteiger partial charge is 0.481 e. The van der Waals surface area contributed by atoms with Crippen LogP contribution in [0.15, 0.2) is 0 Å². The van der Waals surface area contributed by atoms with Crippen molar-refractivity contribution in [3.63, 3.8) is 0 Å². The van der Waals surface area contributed by atoms with Crippen molar-refractivity contribution in [1.82, 2.24) is 8.61 Å². The van der Waals surface area contributed by atoms with Crippen LogP contribution in [0, 0.1) is 11.8 Å². The Kier molecular flexibility index (Phi) is 11.1. The second-order valence-electron chi connectivity index (χ2n) is 8.62. The number of aliphatic carboxylic acids is 1. The normalized spacial score (nSPS) is 20.1. The van der Waals surface area contributed by atoms with Gasteiger partial charge in [0, 0.05) is 26.2 Å². The lowest BCUT2D eigenvalue weighted by molar-refractivity contribution is -0.149. The molecule has 0 amide bonds. The van der Waals surface area contributed by atoms with Crippen LogP contribution in [-0.4, -0.2) is 85.8 Å². The van der Waals surface area contributed by atoms with Gasteiger partial charge in [0.15, 0.2) is 0 Å². The third kappa shape index (κ3) is 7.67. The fourth-order valence-corrected chi connectivity index (χ4v) is 6.19. The molecule has 1 N–H and O–H groups in total. The lowest BCUT2D eigenvalue weighted by Gasteiger charge is -2.31. The maximum atomic E-state index is 11.9. The second kappa shape index (κ2) is 12.3. The van der Waals surface area contributed by atoms with E-state index in [1.165, 1.54) is 8.61 Å². The zero-order chi connectivity index (χ0) is 24.7. The summed E-state index contributed by atoms with van der Waals surface area (Å²) in [4.78, 5) is 22.2. The number of carbonyl (C=O) groups is 2. The molecule has 0 radical (unpaired) electrons. The molecule has 0 atom stereocenters. The highest BCUT2D eigenvalue weighted by molar-refractivity contribution is 7.89. The Morgan fingerprint density at radius 2 is 1.16 bits per heavy atom.